The van der Waals surface area contributed by atoms with Crippen LogP contribution in [-0.2, 0) is 7.05 Å². The highest BCUT2D eigenvalue weighted by Gasteiger charge is 2.45. The van der Waals surface area contributed by atoms with Crippen LogP contribution in [0.5, 0.6) is 0 Å². The van der Waals surface area contributed by atoms with Gasteiger partial charge in [-0.15, -0.1) is 0 Å². The van der Waals surface area contributed by atoms with E-state index in [1.165, 1.54) is 6.33 Å². The van der Waals surface area contributed by atoms with Crippen molar-refractivity contribution in [2.75, 3.05) is 39.0 Å². The van der Waals surface area contributed by atoms with Crippen molar-refractivity contribution in [3.63, 3.8) is 0 Å². The fraction of sp³-hybridized carbons (Fsp3) is 0.400. The van der Waals surface area contributed by atoms with Crippen molar-refractivity contribution >= 4 is 28.8 Å². The van der Waals surface area contributed by atoms with Gasteiger partial charge in [0.15, 0.2) is 17.0 Å². The zero-order chi connectivity index (χ0) is 24.7. The molecule has 2 amide bonds. The number of aromatic nitrogens is 4. The molecule has 0 bridgehead atoms. The predicted molar refractivity (Wildman–Crippen MR) is 136 cm³/mol. The van der Waals surface area contributed by atoms with Crippen LogP contribution >= 0.6 is 0 Å². The molecule has 1 aromatic carbocycles. The van der Waals surface area contributed by atoms with Crippen LogP contribution < -0.4 is 10.6 Å². The lowest BCUT2D eigenvalue weighted by Crippen LogP contribution is -2.52. The Morgan fingerprint density at radius 1 is 1.17 bits per heavy atom. The highest BCUT2D eigenvalue weighted by Crippen LogP contribution is 2.38. The molecule has 0 aliphatic carbocycles. The van der Waals surface area contributed by atoms with Crippen LogP contribution in [0.3, 0.4) is 0 Å². The van der Waals surface area contributed by atoms with E-state index in [1.807, 2.05) is 48.8 Å². The zero-order valence-electron chi connectivity index (χ0n) is 20.8. The van der Waals surface area contributed by atoms with Gasteiger partial charge in [0.1, 0.15) is 12.2 Å². The Hall–Kier alpha value is -3.79. The number of aliphatic imine (C=N–C) groups is 1. The molecule has 182 valence electrons. The SMILES string of the molecule is CN(C)C[C@@H](NC(=O)N1CC2=C(CN=C2Nc2ncnc3c2ncn3C)C1(C)C)c1ccccc1. The lowest BCUT2D eigenvalue weighted by atomic mass is 9.94. The molecular weight excluding hydrogens is 442 g/mol. The first-order valence-electron chi connectivity index (χ1n) is 11.7. The molecule has 0 spiro atoms. The molecule has 10 heteroatoms. The van der Waals surface area contributed by atoms with Gasteiger partial charge in [-0.3, -0.25) is 4.99 Å². The van der Waals surface area contributed by atoms with E-state index in [9.17, 15) is 4.79 Å². The van der Waals surface area contributed by atoms with E-state index in [-0.39, 0.29) is 12.1 Å². The lowest BCUT2D eigenvalue weighted by molar-refractivity contribution is 0.165. The Kier molecular flexibility index (Phi) is 5.76. The Bertz CT molecular complexity index is 1320. The van der Waals surface area contributed by atoms with Gasteiger partial charge in [-0.25, -0.2) is 19.7 Å². The summed E-state index contributed by atoms with van der Waals surface area (Å²) in [6.07, 6.45) is 3.23. The third-order valence-corrected chi connectivity index (χ3v) is 6.80. The highest BCUT2D eigenvalue weighted by molar-refractivity contribution is 6.13. The summed E-state index contributed by atoms with van der Waals surface area (Å²) in [6, 6.07) is 9.89. The molecule has 35 heavy (non-hydrogen) atoms. The highest BCUT2D eigenvalue weighted by atomic mass is 16.2. The molecule has 2 aliphatic heterocycles. The Morgan fingerprint density at radius 2 is 1.94 bits per heavy atom. The average molecular weight is 474 g/mol. The van der Waals surface area contributed by atoms with Gasteiger partial charge in [0.2, 0.25) is 0 Å². The molecule has 10 nitrogen and oxygen atoms in total. The summed E-state index contributed by atoms with van der Waals surface area (Å²) in [7, 11) is 5.92. The molecule has 0 saturated carbocycles. The molecule has 0 unspecified atom stereocenters. The number of anilines is 1. The van der Waals surface area contributed by atoms with Crippen LogP contribution in [0.1, 0.15) is 25.5 Å². The monoisotopic (exact) mass is 473 g/mol. The van der Waals surface area contributed by atoms with Crippen molar-refractivity contribution in [3.8, 4) is 0 Å². The molecule has 3 aromatic rings. The van der Waals surface area contributed by atoms with E-state index in [0.29, 0.717) is 31.0 Å². The number of likely N-dealkylation sites (N-methyl/N-ethyl adjacent to an activating group) is 1. The zero-order valence-corrected chi connectivity index (χ0v) is 20.8. The van der Waals surface area contributed by atoms with Gasteiger partial charge in [0.25, 0.3) is 0 Å². The standard InChI is InChI=1S/C25H31N9O/c1-25(2)18-11-26-21(31-22-20-23(28-14-27-22)33(5)15-29-20)17(18)12-34(25)24(35)30-19(13-32(3)4)16-9-7-6-8-10-16/h6-10,14-15,19H,11-13H2,1-5H3,(H,30,35)(H,26,27,28,31)/t19-/m1/s1. The maximum absolute atomic E-state index is 13.6. The molecule has 2 aliphatic rings. The number of carbonyl (C=O) groups excluding carboxylic acids is 1. The minimum atomic E-state index is -0.461. The van der Waals surface area contributed by atoms with Crippen molar-refractivity contribution in [1.29, 1.82) is 0 Å². The van der Waals surface area contributed by atoms with E-state index in [1.54, 1.807) is 6.33 Å². The number of aryl methyl sites for hydroxylation is 1. The minimum Gasteiger partial charge on any atom is -0.330 e. The number of fused-ring (bicyclic) bond motifs is 1. The van der Waals surface area contributed by atoms with Gasteiger partial charge in [0, 0.05) is 19.2 Å². The van der Waals surface area contributed by atoms with Crippen LogP contribution in [0.4, 0.5) is 10.6 Å². The van der Waals surface area contributed by atoms with Crippen LogP contribution in [0, 0.1) is 0 Å². The average Bonchev–Trinajstić information content (AvgIpc) is 3.48. The molecule has 0 fully saturated rings. The summed E-state index contributed by atoms with van der Waals surface area (Å²) in [5, 5.41) is 6.63. The molecule has 0 radical (unpaired) electrons. The maximum Gasteiger partial charge on any atom is 0.318 e. The van der Waals surface area contributed by atoms with Gasteiger partial charge in [-0.2, -0.15) is 0 Å². The second-order valence-electron chi connectivity index (χ2n) is 9.82. The van der Waals surface area contributed by atoms with Crippen molar-refractivity contribution in [3.05, 3.63) is 59.7 Å². The third kappa shape index (κ3) is 4.14. The maximum atomic E-state index is 13.6. The minimum absolute atomic E-state index is 0.0893. The summed E-state index contributed by atoms with van der Waals surface area (Å²) in [6.45, 7) is 5.89. The quantitative estimate of drug-likeness (QED) is 0.590. The number of imidazole rings is 1. The van der Waals surface area contributed by atoms with Crippen LogP contribution in [-0.4, -0.2) is 80.5 Å². The number of hydrogen-bond acceptors (Lipinski definition) is 7. The van der Waals surface area contributed by atoms with Gasteiger partial charge in [0.05, 0.1) is 31.0 Å². The number of hydrogen-bond donors (Lipinski definition) is 2. The van der Waals surface area contributed by atoms with Crippen LogP contribution in [0.15, 0.2) is 59.1 Å². The smallest absolute Gasteiger partial charge is 0.318 e. The number of amidine groups is 1. The van der Waals surface area contributed by atoms with Crippen molar-refractivity contribution in [2.45, 2.75) is 25.4 Å². The molecule has 2 aromatic heterocycles. The van der Waals surface area contributed by atoms with Gasteiger partial charge < -0.3 is 25.0 Å². The second kappa shape index (κ2) is 8.77. The van der Waals surface area contributed by atoms with E-state index in [0.717, 1.165) is 28.2 Å². The summed E-state index contributed by atoms with van der Waals surface area (Å²) in [4.78, 5) is 35.4. The lowest BCUT2D eigenvalue weighted by Gasteiger charge is -2.36. The summed E-state index contributed by atoms with van der Waals surface area (Å²) in [5.74, 6) is 1.35. The first-order chi connectivity index (χ1) is 16.8. The van der Waals surface area contributed by atoms with Crippen LogP contribution in [0.2, 0.25) is 0 Å². The predicted octanol–water partition coefficient (Wildman–Crippen LogP) is 2.59. The largest absolute Gasteiger partial charge is 0.330 e. The third-order valence-electron chi connectivity index (χ3n) is 6.80. The normalized spacial score (nSPS) is 17.7. The Morgan fingerprint density at radius 3 is 2.69 bits per heavy atom. The topological polar surface area (TPSA) is 104 Å². The number of rotatable bonds is 5. The van der Waals surface area contributed by atoms with Crippen LogP contribution in [0.25, 0.3) is 11.2 Å². The number of nitrogens with zero attached hydrogens (tertiary/aromatic N) is 7. The number of nitrogens with one attached hydrogen (secondary N) is 2. The first kappa shape index (κ1) is 23.0. The second-order valence-corrected chi connectivity index (χ2v) is 9.82. The van der Waals surface area contributed by atoms with Crippen molar-refractivity contribution < 1.29 is 4.79 Å². The number of benzene rings is 1. The van der Waals surface area contributed by atoms with Crippen molar-refractivity contribution in [2.24, 2.45) is 12.0 Å². The molecule has 5 rings (SSSR count). The van der Waals surface area contributed by atoms with Crippen molar-refractivity contribution in [1.82, 2.24) is 34.6 Å². The van der Waals surface area contributed by atoms with E-state index in [2.05, 4.69) is 56.5 Å². The molecule has 1 atom stereocenters. The summed E-state index contributed by atoms with van der Waals surface area (Å²) in [5.41, 5.74) is 4.24. The molecule has 0 saturated heterocycles. The molecule has 4 heterocycles. The molecule has 2 N–H and O–H groups in total. The van der Waals surface area contributed by atoms with E-state index >= 15 is 0 Å². The van der Waals surface area contributed by atoms with Gasteiger partial charge >= 0.3 is 6.03 Å². The first-order valence-corrected chi connectivity index (χ1v) is 11.7. The Labute approximate surface area is 204 Å². The number of amides is 2. The molecular formula is C25H31N9O. The van der Waals surface area contributed by atoms with Gasteiger partial charge in [-0.1, -0.05) is 30.3 Å². The summed E-state index contributed by atoms with van der Waals surface area (Å²) < 4.78 is 1.85. The number of carbonyl (C=O) groups is 1. The van der Waals surface area contributed by atoms with E-state index in [4.69, 9.17) is 4.99 Å². The van der Waals surface area contributed by atoms with Gasteiger partial charge in [-0.05, 0) is 39.1 Å². The summed E-state index contributed by atoms with van der Waals surface area (Å²) >= 11 is 0. The number of urea groups is 1. The fourth-order valence-corrected chi connectivity index (χ4v) is 4.85. The fourth-order valence-electron chi connectivity index (χ4n) is 4.85. The van der Waals surface area contributed by atoms with E-state index < -0.39 is 5.54 Å². The Balaban J connectivity index is 1.35.